The molecule has 0 amide bonds. The Labute approximate surface area is 151 Å². The molecule has 0 bridgehead atoms. The fourth-order valence-corrected chi connectivity index (χ4v) is 3.48. The van der Waals surface area contributed by atoms with E-state index in [9.17, 15) is 13.7 Å². The summed E-state index contributed by atoms with van der Waals surface area (Å²) in [4.78, 5) is 3.28. The zero-order valence-electron chi connectivity index (χ0n) is 15.2. The predicted molar refractivity (Wildman–Crippen MR) is 101 cm³/mol. The van der Waals surface area contributed by atoms with Crippen LogP contribution in [0.15, 0.2) is 41.6 Å². The number of aromatic amines is 1. The van der Waals surface area contributed by atoms with E-state index >= 15 is 0 Å². The zero-order chi connectivity index (χ0) is 19.2. The van der Waals surface area contributed by atoms with E-state index in [1.165, 1.54) is 6.07 Å². The summed E-state index contributed by atoms with van der Waals surface area (Å²) < 4.78 is 28.7. The molecule has 0 saturated carbocycles. The molecule has 4 N–H and O–H groups in total. The van der Waals surface area contributed by atoms with Crippen LogP contribution in [0.4, 0.5) is 14.3 Å². The lowest BCUT2D eigenvalue weighted by molar-refractivity contribution is -0.343. The summed E-state index contributed by atoms with van der Waals surface area (Å²) in [7, 11) is -2.67. The van der Waals surface area contributed by atoms with Gasteiger partial charge in [0.25, 0.3) is 0 Å². The molecular weight excluding hydrogens is 335 g/mol. The number of phenolic OH excluding ortho intramolecular Hbond substituents is 1. The average Bonchev–Trinajstić information content (AvgIpc) is 3.02. The Morgan fingerprint density at radius 3 is 2.38 bits per heavy atom. The Morgan fingerprint density at radius 1 is 1.15 bits per heavy atom. The first-order valence-electron chi connectivity index (χ1n) is 8.30. The minimum atomic E-state index is -2.67. The third kappa shape index (κ3) is 2.94. The zero-order valence-corrected chi connectivity index (χ0v) is 15.2. The lowest BCUT2D eigenvalue weighted by Gasteiger charge is -2.13. The summed E-state index contributed by atoms with van der Waals surface area (Å²) in [6.45, 7) is 7.33. The van der Waals surface area contributed by atoms with Gasteiger partial charge in [0, 0.05) is 24.3 Å². The second kappa shape index (κ2) is 6.48. The molecule has 7 heteroatoms. The van der Waals surface area contributed by atoms with Crippen LogP contribution in [0.3, 0.4) is 0 Å². The van der Waals surface area contributed by atoms with Crippen LogP contribution in [0.2, 0.25) is 0 Å². The lowest BCUT2D eigenvalue weighted by Crippen LogP contribution is -2.25. The number of aromatic nitrogens is 1. The molecule has 0 spiro atoms. The largest absolute Gasteiger partial charge is 0.934 e. The molecule has 2 heterocycles. The van der Waals surface area contributed by atoms with Gasteiger partial charge in [0.15, 0.2) is 11.4 Å². The number of nitrogens with one attached hydrogen (secondary N) is 1. The van der Waals surface area contributed by atoms with Gasteiger partial charge in [-0.1, -0.05) is 6.07 Å². The van der Waals surface area contributed by atoms with E-state index in [1.807, 2.05) is 26.8 Å². The van der Waals surface area contributed by atoms with Crippen LogP contribution >= 0.6 is 0 Å². The molecule has 0 unspecified atom stereocenters. The second-order valence-corrected chi connectivity index (χ2v) is 6.62. The topological polar surface area (TPSA) is 65.1 Å². The maximum atomic E-state index is 13.8. The Kier molecular flexibility index (Phi) is 4.48. The van der Waals surface area contributed by atoms with Gasteiger partial charge in [-0.3, -0.25) is 0 Å². The summed E-state index contributed by atoms with van der Waals surface area (Å²) in [6, 6.07) is 6.75. The Balaban J connectivity index is 2.40. The van der Waals surface area contributed by atoms with E-state index < -0.39 is 7.40 Å². The smallest absolute Gasteiger partial charge is 0.506 e. The molecule has 0 atom stereocenters. The number of anilines is 1. The minimum absolute atomic E-state index is 0.0374. The van der Waals surface area contributed by atoms with Crippen molar-refractivity contribution >= 4 is 24.4 Å². The Morgan fingerprint density at radius 2 is 1.85 bits per heavy atom. The molecular formula is C19H21BF2N3O+. The van der Waals surface area contributed by atoms with Crippen LogP contribution in [0.1, 0.15) is 36.4 Å². The number of H-pyrrole nitrogens is 1. The van der Waals surface area contributed by atoms with Gasteiger partial charge in [0.2, 0.25) is 0 Å². The van der Waals surface area contributed by atoms with Gasteiger partial charge in [-0.2, -0.15) is 0 Å². The lowest BCUT2D eigenvalue weighted by atomic mass is 9.94. The number of benzene rings is 1. The quantitative estimate of drug-likeness (QED) is 0.442. The van der Waals surface area contributed by atoms with Crippen molar-refractivity contribution in [2.75, 3.05) is 5.73 Å². The molecule has 0 aliphatic carbocycles. The van der Waals surface area contributed by atoms with Gasteiger partial charge in [-0.25, -0.2) is 13.1 Å². The maximum Gasteiger partial charge on any atom is 0.934 e. The monoisotopic (exact) mass is 356 g/mol. The van der Waals surface area contributed by atoms with Crippen molar-refractivity contribution in [3.8, 4) is 5.75 Å². The number of nitrogens with two attached hydrogens (primary N) is 1. The molecule has 1 aromatic carbocycles. The van der Waals surface area contributed by atoms with E-state index in [-0.39, 0.29) is 11.4 Å². The third-order valence-electron chi connectivity index (χ3n) is 4.57. The number of aromatic hydroxyl groups is 1. The molecule has 2 aromatic rings. The Hall–Kier alpha value is -2.83. The van der Waals surface area contributed by atoms with Crippen molar-refractivity contribution in [3.63, 3.8) is 0 Å². The number of hydrogen-bond donors (Lipinski definition) is 3. The minimum Gasteiger partial charge on any atom is -0.506 e. The summed E-state index contributed by atoms with van der Waals surface area (Å²) in [5, 5.41) is 9.76. The van der Waals surface area contributed by atoms with E-state index in [1.54, 1.807) is 25.1 Å². The van der Waals surface area contributed by atoms with Gasteiger partial charge < -0.3 is 15.8 Å². The van der Waals surface area contributed by atoms with Crippen molar-refractivity contribution < 1.29 is 18.2 Å². The predicted octanol–water partition coefficient (Wildman–Crippen LogP) is 4.04. The molecule has 4 nitrogen and oxygen atoms in total. The van der Waals surface area contributed by atoms with E-state index in [4.69, 9.17) is 5.73 Å². The molecule has 1 aliphatic heterocycles. The summed E-state index contributed by atoms with van der Waals surface area (Å²) in [5.41, 5.74) is 11.7. The van der Waals surface area contributed by atoms with E-state index in [2.05, 4.69) is 4.98 Å². The maximum absolute atomic E-state index is 13.8. The van der Waals surface area contributed by atoms with Crippen molar-refractivity contribution in [2.45, 2.75) is 27.7 Å². The van der Waals surface area contributed by atoms with Crippen LogP contribution in [0.5, 0.6) is 5.75 Å². The van der Waals surface area contributed by atoms with Gasteiger partial charge in [-0.15, -0.1) is 0 Å². The second-order valence-electron chi connectivity index (χ2n) is 6.62. The summed E-state index contributed by atoms with van der Waals surface area (Å²) in [5.74, 6) is -0.0374. The van der Waals surface area contributed by atoms with Gasteiger partial charge in [-0.05, 0) is 50.1 Å². The molecule has 134 valence electrons. The summed E-state index contributed by atoms with van der Waals surface area (Å²) >= 11 is 0. The van der Waals surface area contributed by atoms with E-state index in [0.717, 1.165) is 27.0 Å². The molecule has 0 radical (unpaired) electrons. The third-order valence-corrected chi connectivity index (χ3v) is 4.57. The summed E-state index contributed by atoms with van der Waals surface area (Å²) in [6.07, 6.45) is 1.75. The first-order valence-corrected chi connectivity index (χ1v) is 8.30. The van der Waals surface area contributed by atoms with Crippen LogP contribution in [-0.4, -0.2) is 27.7 Å². The van der Waals surface area contributed by atoms with Crippen LogP contribution in [-0.2, 0) is 0 Å². The number of aryl methyl sites for hydroxylation is 2. The number of nitrogen functional groups attached to an aromatic ring is 1. The normalized spacial score (nSPS) is 16.2. The molecule has 26 heavy (non-hydrogen) atoms. The first kappa shape index (κ1) is 18.0. The van der Waals surface area contributed by atoms with Crippen molar-refractivity contribution in [2.24, 2.45) is 0 Å². The Bertz CT molecular complexity index is 987. The number of phenols is 1. The van der Waals surface area contributed by atoms with Crippen LogP contribution in [0.25, 0.3) is 5.57 Å². The number of halogens is 2. The molecule has 1 aromatic heterocycles. The average molecular weight is 356 g/mol. The highest BCUT2D eigenvalue weighted by Gasteiger charge is 2.44. The standard InChI is InChI=1S/C19H20BF2N3O/c1-10-7-12(3)24-18(10)17(14-5-6-16(26)15(23)9-14)19-11(2)8-13(4)25(19)20(21)22/h5-9H,23H2,1-4H3,(H,24,26)/p+1. The van der Waals surface area contributed by atoms with E-state index in [0.29, 0.717) is 22.5 Å². The number of rotatable bonds is 3. The van der Waals surface area contributed by atoms with Gasteiger partial charge in [0.05, 0.1) is 17.0 Å². The molecule has 0 saturated heterocycles. The van der Waals surface area contributed by atoms with Crippen molar-refractivity contribution in [1.82, 2.24) is 4.98 Å². The number of allylic oxidation sites excluding steroid dienone is 2. The highest BCUT2D eigenvalue weighted by atomic mass is 19.2. The molecule has 0 fully saturated rings. The SMILES string of the molecule is CC1=CC(C)=[N+](B(F)F)C1=C(c1ccc(O)c(N)c1)c1[nH]c(C)cc1C. The molecule has 1 aliphatic rings. The number of nitrogens with zero attached hydrogens (tertiary/aromatic N) is 1. The van der Waals surface area contributed by atoms with Gasteiger partial charge >= 0.3 is 7.40 Å². The van der Waals surface area contributed by atoms with Gasteiger partial charge in [0.1, 0.15) is 5.75 Å². The highest BCUT2D eigenvalue weighted by Crippen LogP contribution is 2.37. The number of hydrogen-bond acceptors (Lipinski definition) is 2. The van der Waals surface area contributed by atoms with Crippen LogP contribution in [0, 0.1) is 13.8 Å². The van der Waals surface area contributed by atoms with Crippen LogP contribution < -0.4 is 5.73 Å². The van der Waals surface area contributed by atoms with Crippen molar-refractivity contribution in [3.05, 3.63) is 64.1 Å². The molecule has 3 rings (SSSR count). The van der Waals surface area contributed by atoms with Crippen molar-refractivity contribution in [1.29, 1.82) is 0 Å². The fourth-order valence-electron chi connectivity index (χ4n) is 3.48. The highest BCUT2D eigenvalue weighted by molar-refractivity contribution is 6.35. The first-order chi connectivity index (χ1) is 12.2. The fraction of sp³-hybridized carbons (Fsp3) is 0.211.